The average molecular weight is 247 g/mol. The molecule has 0 unspecified atom stereocenters. The summed E-state index contributed by atoms with van der Waals surface area (Å²) < 4.78 is 5.62. The summed E-state index contributed by atoms with van der Waals surface area (Å²) >= 11 is 3.27. The summed E-state index contributed by atoms with van der Waals surface area (Å²) in [7, 11) is 1.48. The minimum atomic E-state index is -0.619. The molecule has 2 N–H and O–H groups in total. The van der Waals surface area contributed by atoms with Crippen molar-refractivity contribution in [2.75, 3.05) is 7.11 Å². The highest BCUT2D eigenvalue weighted by molar-refractivity contribution is 9.10. The smallest absolute Gasteiger partial charge is 0.161 e. The third-order valence-electron chi connectivity index (χ3n) is 1.75. The first-order chi connectivity index (χ1) is 6.06. The van der Waals surface area contributed by atoms with Gasteiger partial charge in [-0.25, -0.2) is 0 Å². The maximum absolute atomic E-state index is 9.41. The van der Waals surface area contributed by atoms with E-state index in [9.17, 15) is 10.2 Å². The number of benzene rings is 1. The summed E-state index contributed by atoms with van der Waals surface area (Å²) in [5.41, 5.74) is 0.637. The number of hydrogen-bond donors (Lipinski definition) is 2. The third kappa shape index (κ3) is 2.14. The third-order valence-corrected chi connectivity index (χ3v) is 2.44. The van der Waals surface area contributed by atoms with Crippen LogP contribution in [-0.2, 0) is 0 Å². The Hall–Kier alpha value is -0.740. The second-order valence-electron chi connectivity index (χ2n) is 2.72. The number of phenolic OH excluding ortho intramolecular Hbond substituents is 1. The molecule has 0 aromatic heterocycles. The number of phenols is 1. The predicted octanol–water partition coefficient (Wildman–Crippen LogP) is 2.22. The Labute approximate surface area is 85.1 Å². The second kappa shape index (κ2) is 3.98. The lowest BCUT2D eigenvalue weighted by Crippen LogP contribution is -1.94. The number of aromatic hydroxyl groups is 1. The van der Waals surface area contributed by atoms with Gasteiger partial charge in [0.1, 0.15) is 0 Å². The van der Waals surface area contributed by atoms with Crippen LogP contribution in [0.5, 0.6) is 11.5 Å². The first-order valence-electron chi connectivity index (χ1n) is 3.80. The molecule has 0 radical (unpaired) electrons. The Morgan fingerprint density at radius 2 is 2.08 bits per heavy atom. The highest BCUT2D eigenvalue weighted by atomic mass is 79.9. The van der Waals surface area contributed by atoms with E-state index in [1.807, 2.05) is 0 Å². The van der Waals surface area contributed by atoms with Crippen LogP contribution in [0, 0.1) is 0 Å². The van der Waals surface area contributed by atoms with Gasteiger partial charge in [0.25, 0.3) is 0 Å². The van der Waals surface area contributed by atoms with Crippen molar-refractivity contribution in [3.05, 3.63) is 22.2 Å². The lowest BCUT2D eigenvalue weighted by molar-refractivity contribution is 0.198. The van der Waals surface area contributed by atoms with Crippen LogP contribution in [-0.4, -0.2) is 17.3 Å². The van der Waals surface area contributed by atoms with Crippen LogP contribution in [0.1, 0.15) is 18.6 Å². The van der Waals surface area contributed by atoms with E-state index in [2.05, 4.69) is 15.9 Å². The number of rotatable bonds is 2. The van der Waals surface area contributed by atoms with Crippen LogP contribution in [0.25, 0.3) is 0 Å². The molecule has 1 atom stereocenters. The van der Waals surface area contributed by atoms with Gasteiger partial charge in [-0.05, 0) is 24.6 Å². The van der Waals surface area contributed by atoms with E-state index in [4.69, 9.17) is 4.74 Å². The van der Waals surface area contributed by atoms with Crippen molar-refractivity contribution in [2.24, 2.45) is 0 Å². The molecule has 1 rings (SSSR count). The fraction of sp³-hybridized carbons (Fsp3) is 0.333. The van der Waals surface area contributed by atoms with Crippen molar-refractivity contribution in [1.82, 2.24) is 0 Å². The molecule has 0 aliphatic carbocycles. The Balaban J connectivity index is 3.20. The molecule has 0 saturated heterocycles. The molecule has 0 bridgehead atoms. The minimum absolute atomic E-state index is 0.0293. The number of ether oxygens (including phenoxy) is 1. The Bertz CT molecular complexity index is 310. The van der Waals surface area contributed by atoms with E-state index >= 15 is 0 Å². The molecule has 0 amide bonds. The van der Waals surface area contributed by atoms with E-state index < -0.39 is 6.10 Å². The van der Waals surface area contributed by atoms with Crippen molar-refractivity contribution in [3.8, 4) is 11.5 Å². The topological polar surface area (TPSA) is 49.7 Å². The summed E-state index contributed by atoms with van der Waals surface area (Å²) in [6, 6.07) is 3.10. The highest BCUT2D eigenvalue weighted by Gasteiger charge is 2.11. The largest absolute Gasteiger partial charge is 0.504 e. The first kappa shape index (κ1) is 10.3. The predicted molar refractivity (Wildman–Crippen MR) is 53.0 cm³/mol. The zero-order chi connectivity index (χ0) is 10.0. The SMILES string of the molecule is COc1cc(Br)c([C@@H](C)O)cc1O. The maximum Gasteiger partial charge on any atom is 0.161 e. The van der Waals surface area contributed by atoms with Gasteiger partial charge in [-0.1, -0.05) is 15.9 Å². The van der Waals surface area contributed by atoms with Crippen molar-refractivity contribution in [1.29, 1.82) is 0 Å². The van der Waals surface area contributed by atoms with Gasteiger partial charge < -0.3 is 14.9 Å². The van der Waals surface area contributed by atoms with Crippen molar-refractivity contribution < 1.29 is 14.9 Å². The zero-order valence-corrected chi connectivity index (χ0v) is 9.00. The number of methoxy groups -OCH3 is 1. The second-order valence-corrected chi connectivity index (χ2v) is 3.58. The van der Waals surface area contributed by atoms with E-state index in [0.717, 1.165) is 4.47 Å². The van der Waals surface area contributed by atoms with Crippen LogP contribution >= 0.6 is 15.9 Å². The molecule has 1 aromatic rings. The number of halogens is 1. The quantitative estimate of drug-likeness (QED) is 0.842. The Kier molecular flexibility index (Phi) is 3.17. The molecule has 0 fully saturated rings. The van der Waals surface area contributed by atoms with Crippen LogP contribution < -0.4 is 4.74 Å². The summed E-state index contributed by atoms with van der Waals surface area (Å²) in [6.45, 7) is 1.63. The molecule has 1 aromatic carbocycles. The average Bonchev–Trinajstić information content (AvgIpc) is 2.07. The molecule has 13 heavy (non-hydrogen) atoms. The van der Waals surface area contributed by atoms with Crippen molar-refractivity contribution in [2.45, 2.75) is 13.0 Å². The molecule has 0 aliphatic heterocycles. The van der Waals surface area contributed by atoms with Gasteiger partial charge in [0.2, 0.25) is 0 Å². The number of aliphatic hydroxyl groups is 1. The standard InChI is InChI=1S/C9H11BrO3/c1-5(11)6-3-8(12)9(13-2)4-7(6)10/h3-5,11-12H,1-2H3/t5-/m1/s1. The maximum atomic E-state index is 9.41. The van der Waals surface area contributed by atoms with Crippen LogP contribution in [0.15, 0.2) is 16.6 Å². The van der Waals surface area contributed by atoms with E-state index in [1.54, 1.807) is 13.0 Å². The van der Waals surface area contributed by atoms with Crippen LogP contribution in [0.3, 0.4) is 0 Å². The number of aliphatic hydroxyl groups excluding tert-OH is 1. The van der Waals surface area contributed by atoms with Gasteiger partial charge in [0.05, 0.1) is 13.2 Å². The van der Waals surface area contributed by atoms with Gasteiger partial charge in [0, 0.05) is 4.47 Å². The highest BCUT2D eigenvalue weighted by Crippen LogP contribution is 2.34. The van der Waals surface area contributed by atoms with Gasteiger partial charge in [-0.2, -0.15) is 0 Å². The van der Waals surface area contributed by atoms with Crippen molar-refractivity contribution >= 4 is 15.9 Å². The lowest BCUT2D eigenvalue weighted by atomic mass is 10.1. The summed E-state index contributed by atoms with van der Waals surface area (Å²) in [5.74, 6) is 0.415. The summed E-state index contributed by atoms with van der Waals surface area (Å²) in [6.07, 6.45) is -0.619. The molecule has 0 saturated carbocycles. The summed E-state index contributed by atoms with van der Waals surface area (Å²) in [4.78, 5) is 0. The Morgan fingerprint density at radius 3 is 2.54 bits per heavy atom. The summed E-state index contributed by atoms with van der Waals surface area (Å²) in [5, 5.41) is 18.7. The van der Waals surface area contributed by atoms with Crippen molar-refractivity contribution in [3.63, 3.8) is 0 Å². The van der Waals surface area contributed by atoms with Crippen LogP contribution in [0.4, 0.5) is 0 Å². The van der Waals surface area contributed by atoms with Crippen LogP contribution in [0.2, 0.25) is 0 Å². The van der Waals surface area contributed by atoms with Gasteiger partial charge in [-0.3, -0.25) is 0 Å². The monoisotopic (exact) mass is 246 g/mol. The van der Waals surface area contributed by atoms with Gasteiger partial charge in [-0.15, -0.1) is 0 Å². The van der Waals surface area contributed by atoms with E-state index in [0.29, 0.717) is 11.3 Å². The van der Waals surface area contributed by atoms with Gasteiger partial charge >= 0.3 is 0 Å². The normalized spacial score (nSPS) is 12.6. The zero-order valence-electron chi connectivity index (χ0n) is 7.41. The molecular weight excluding hydrogens is 236 g/mol. The minimum Gasteiger partial charge on any atom is -0.504 e. The fourth-order valence-electron chi connectivity index (χ4n) is 1.04. The molecule has 72 valence electrons. The van der Waals surface area contributed by atoms with Gasteiger partial charge in [0.15, 0.2) is 11.5 Å². The molecule has 4 heteroatoms. The van der Waals surface area contributed by atoms with E-state index in [1.165, 1.54) is 13.2 Å². The lowest BCUT2D eigenvalue weighted by Gasteiger charge is -2.10. The number of hydrogen-bond acceptors (Lipinski definition) is 3. The molecule has 0 spiro atoms. The van der Waals surface area contributed by atoms with E-state index in [-0.39, 0.29) is 5.75 Å². The fourth-order valence-corrected chi connectivity index (χ4v) is 1.70. The molecule has 0 aliphatic rings. The molecule has 0 heterocycles. The molecule has 3 nitrogen and oxygen atoms in total. The molecular formula is C9H11BrO3. The first-order valence-corrected chi connectivity index (χ1v) is 4.60. The Morgan fingerprint density at radius 1 is 1.46 bits per heavy atom.